The molecule has 0 spiro atoms. The highest BCUT2D eigenvalue weighted by molar-refractivity contribution is 6.35. The number of hydrogen-bond acceptors (Lipinski definition) is 5. The van der Waals surface area contributed by atoms with Gasteiger partial charge in [0, 0.05) is 32.2 Å². The zero-order chi connectivity index (χ0) is 15.6. The fourth-order valence-electron chi connectivity index (χ4n) is 2.26. The second-order valence-electron chi connectivity index (χ2n) is 4.76. The van der Waals surface area contributed by atoms with Crippen LogP contribution in [0.15, 0.2) is 18.2 Å². The molecule has 0 aromatic heterocycles. The first-order chi connectivity index (χ1) is 9.93. The first-order valence-electron chi connectivity index (χ1n) is 6.55. The summed E-state index contributed by atoms with van der Waals surface area (Å²) in [5.74, 6) is -1.07. The van der Waals surface area contributed by atoms with E-state index in [2.05, 4.69) is 0 Å². The molecule has 0 unspecified atom stereocenters. The predicted molar refractivity (Wildman–Crippen MR) is 75.2 cm³/mol. The molecule has 21 heavy (non-hydrogen) atoms. The Bertz CT molecular complexity index is 602. The number of benzene rings is 1. The lowest BCUT2D eigenvalue weighted by Crippen LogP contribution is -2.53. The van der Waals surface area contributed by atoms with Gasteiger partial charge >= 0.3 is 11.8 Å². The number of nitro groups is 1. The summed E-state index contributed by atoms with van der Waals surface area (Å²) >= 11 is 0. The summed E-state index contributed by atoms with van der Waals surface area (Å²) in [6.45, 7) is 3.46. The predicted octanol–water partition coefficient (Wildman–Crippen LogP) is 0.368. The third kappa shape index (κ3) is 2.93. The normalized spacial score (nSPS) is 15.5. The molecule has 0 atom stereocenters. The van der Waals surface area contributed by atoms with Crippen molar-refractivity contribution < 1.29 is 14.5 Å². The molecule has 1 heterocycles. The van der Waals surface area contributed by atoms with E-state index in [-0.39, 0.29) is 17.9 Å². The summed E-state index contributed by atoms with van der Waals surface area (Å²) in [4.78, 5) is 36.8. The molecule has 2 N–H and O–H groups in total. The van der Waals surface area contributed by atoms with Crippen LogP contribution in [0, 0.1) is 10.1 Å². The van der Waals surface area contributed by atoms with Crippen molar-refractivity contribution in [2.45, 2.75) is 13.5 Å². The van der Waals surface area contributed by atoms with Crippen LogP contribution >= 0.6 is 0 Å². The van der Waals surface area contributed by atoms with Gasteiger partial charge in [-0.2, -0.15) is 0 Å². The van der Waals surface area contributed by atoms with Gasteiger partial charge in [0.25, 0.3) is 5.69 Å². The molecule has 2 amide bonds. The fourth-order valence-corrected chi connectivity index (χ4v) is 2.26. The maximum Gasteiger partial charge on any atom is 0.312 e. The highest BCUT2D eigenvalue weighted by Crippen LogP contribution is 2.23. The number of carbonyl (C=O) groups excluding carboxylic acids is 2. The van der Waals surface area contributed by atoms with E-state index in [1.165, 1.54) is 21.9 Å². The van der Waals surface area contributed by atoms with Gasteiger partial charge in [-0.15, -0.1) is 0 Å². The largest absolute Gasteiger partial charge is 0.393 e. The van der Waals surface area contributed by atoms with Crippen molar-refractivity contribution >= 4 is 23.2 Å². The molecular weight excluding hydrogens is 276 g/mol. The van der Waals surface area contributed by atoms with Crippen LogP contribution in [0.3, 0.4) is 0 Å². The van der Waals surface area contributed by atoms with Crippen molar-refractivity contribution in [1.82, 2.24) is 9.80 Å². The van der Waals surface area contributed by atoms with E-state index >= 15 is 0 Å². The molecule has 1 aliphatic rings. The van der Waals surface area contributed by atoms with Gasteiger partial charge in [0.05, 0.1) is 4.92 Å². The third-order valence-electron chi connectivity index (χ3n) is 3.44. The number of hydrogen-bond donors (Lipinski definition) is 1. The van der Waals surface area contributed by atoms with E-state index in [9.17, 15) is 19.7 Å². The number of piperazine rings is 1. The zero-order valence-electron chi connectivity index (χ0n) is 11.6. The van der Waals surface area contributed by atoms with Crippen LogP contribution < -0.4 is 5.73 Å². The first kappa shape index (κ1) is 14.8. The van der Waals surface area contributed by atoms with Crippen LogP contribution in [0.25, 0.3) is 0 Å². The maximum atomic E-state index is 12.0. The van der Waals surface area contributed by atoms with Gasteiger partial charge < -0.3 is 15.5 Å². The monoisotopic (exact) mass is 292 g/mol. The van der Waals surface area contributed by atoms with Crippen LogP contribution in [-0.4, -0.2) is 46.2 Å². The second-order valence-corrected chi connectivity index (χ2v) is 4.76. The number of rotatable bonds is 4. The molecular formula is C13H16N4O4. The van der Waals surface area contributed by atoms with Crippen LogP contribution in [0.1, 0.15) is 12.5 Å². The summed E-state index contributed by atoms with van der Waals surface area (Å²) in [5, 5.41) is 10.7. The van der Waals surface area contributed by atoms with E-state index in [4.69, 9.17) is 5.73 Å². The minimum Gasteiger partial charge on any atom is -0.393 e. The third-order valence-corrected chi connectivity index (χ3v) is 3.44. The Morgan fingerprint density at radius 2 is 1.86 bits per heavy atom. The lowest BCUT2D eigenvalue weighted by Gasteiger charge is -2.33. The van der Waals surface area contributed by atoms with E-state index in [0.29, 0.717) is 25.2 Å². The summed E-state index contributed by atoms with van der Waals surface area (Å²) in [6, 6.07) is 4.31. The molecule has 0 radical (unpaired) electrons. The Labute approximate surface area is 121 Å². The number of carbonyl (C=O) groups is 2. The van der Waals surface area contributed by atoms with Crippen molar-refractivity contribution in [3.8, 4) is 0 Å². The van der Waals surface area contributed by atoms with Crippen molar-refractivity contribution in [2.75, 3.05) is 25.4 Å². The molecule has 1 aromatic carbocycles. The van der Waals surface area contributed by atoms with Gasteiger partial charge in [-0.05, 0) is 18.6 Å². The zero-order valence-corrected chi connectivity index (χ0v) is 11.6. The van der Waals surface area contributed by atoms with Crippen molar-refractivity contribution in [1.29, 1.82) is 0 Å². The fraction of sp³-hybridized carbons (Fsp3) is 0.385. The number of nitrogens with two attached hydrogens (primary N) is 1. The molecule has 1 saturated heterocycles. The number of nitro benzene ring substituents is 1. The quantitative estimate of drug-likeness (QED) is 0.373. The van der Waals surface area contributed by atoms with Crippen LogP contribution in [0.5, 0.6) is 0 Å². The molecule has 8 heteroatoms. The molecule has 1 aromatic rings. The smallest absolute Gasteiger partial charge is 0.312 e. The average molecular weight is 292 g/mol. The molecule has 112 valence electrons. The van der Waals surface area contributed by atoms with Gasteiger partial charge in [-0.1, -0.05) is 6.07 Å². The Balaban J connectivity index is 2.12. The highest BCUT2D eigenvalue weighted by atomic mass is 16.6. The summed E-state index contributed by atoms with van der Waals surface area (Å²) in [5.41, 5.74) is 6.14. The van der Waals surface area contributed by atoms with E-state index in [0.717, 1.165) is 0 Å². The molecule has 1 fully saturated rings. The molecule has 0 bridgehead atoms. The Kier molecular flexibility index (Phi) is 4.06. The summed E-state index contributed by atoms with van der Waals surface area (Å²) in [7, 11) is 0. The second kappa shape index (κ2) is 5.78. The number of likely N-dealkylation sites (N-methyl/N-ethyl adjacent to an activating group) is 1. The van der Waals surface area contributed by atoms with E-state index in [1.54, 1.807) is 6.07 Å². The summed E-state index contributed by atoms with van der Waals surface area (Å²) < 4.78 is 0. The number of amides is 2. The lowest BCUT2D eigenvalue weighted by atomic mass is 10.1. The van der Waals surface area contributed by atoms with Gasteiger partial charge in [0.1, 0.15) is 5.69 Å². The van der Waals surface area contributed by atoms with E-state index < -0.39 is 16.7 Å². The highest BCUT2D eigenvalue weighted by Gasteiger charge is 2.31. The van der Waals surface area contributed by atoms with Gasteiger partial charge in [-0.25, -0.2) is 0 Å². The Hall–Kier alpha value is -2.64. The van der Waals surface area contributed by atoms with Crippen molar-refractivity contribution in [3.63, 3.8) is 0 Å². The van der Waals surface area contributed by atoms with Crippen LogP contribution in [0.4, 0.5) is 11.4 Å². The van der Waals surface area contributed by atoms with Gasteiger partial charge in [-0.3, -0.25) is 19.7 Å². The lowest BCUT2D eigenvalue weighted by molar-refractivity contribution is -0.383. The van der Waals surface area contributed by atoms with Crippen LogP contribution in [0.2, 0.25) is 0 Å². The number of nitrogen functional groups attached to an aromatic ring is 1. The Morgan fingerprint density at radius 1 is 1.24 bits per heavy atom. The molecule has 8 nitrogen and oxygen atoms in total. The Morgan fingerprint density at radius 3 is 2.43 bits per heavy atom. The first-order valence-corrected chi connectivity index (χ1v) is 6.55. The van der Waals surface area contributed by atoms with Crippen molar-refractivity contribution in [3.05, 3.63) is 33.9 Å². The maximum absolute atomic E-state index is 12.0. The molecule has 0 aliphatic carbocycles. The van der Waals surface area contributed by atoms with Gasteiger partial charge in [0.2, 0.25) is 0 Å². The average Bonchev–Trinajstić information content (AvgIpc) is 2.44. The van der Waals surface area contributed by atoms with Crippen LogP contribution in [-0.2, 0) is 16.1 Å². The molecule has 1 aliphatic heterocycles. The SMILES string of the molecule is CCN1CCN(Cc2ccc([N+](=O)[O-])c(N)c2)C(=O)C1=O. The topological polar surface area (TPSA) is 110 Å². The van der Waals surface area contributed by atoms with E-state index in [1.807, 2.05) is 6.92 Å². The van der Waals surface area contributed by atoms with Crippen molar-refractivity contribution in [2.24, 2.45) is 0 Å². The molecule has 0 saturated carbocycles. The number of anilines is 1. The standard InChI is InChI=1S/C13H16N4O4/c1-2-15-5-6-16(13(19)12(15)18)8-9-3-4-11(17(20)21)10(14)7-9/h3-4,7H,2,5-6,8,14H2,1H3. The molecule has 2 rings (SSSR count). The number of nitrogens with zero attached hydrogens (tertiary/aromatic N) is 3. The minimum atomic E-state index is -0.562. The minimum absolute atomic E-state index is 0.0449. The summed E-state index contributed by atoms with van der Waals surface area (Å²) in [6.07, 6.45) is 0. The van der Waals surface area contributed by atoms with Gasteiger partial charge in [0.15, 0.2) is 0 Å².